The molecule has 0 spiro atoms. The normalized spacial score (nSPS) is 24.7. The molecule has 1 aromatic heterocycles. The predicted octanol–water partition coefficient (Wildman–Crippen LogP) is 4.63. The number of H-pyrrole nitrogens is 1. The lowest BCUT2D eigenvalue weighted by atomic mass is 9.74. The number of aryl methyl sites for hydroxylation is 1. The van der Waals surface area contributed by atoms with Crippen LogP contribution in [0, 0.1) is 12.8 Å². The first kappa shape index (κ1) is 27.1. The SMILES string of the molecule is Cc1nc(CNC(=O)[C@H]2CC3(c4ccccc4)NC2CC3OCc2cc(C(F)(F)F)cc(C(F)(F)F)c2)n[nH]1. The number of nitrogens with one attached hydrogen (secondary N) is 3. The number of rotatable bonds is 7. The standard InChI is InChI=1S/C26H25F6N5O2/c1-14-34-22(37-36-14)12-33-23(38)19-11-24(16-5-3-2-4-6-16)21(10-20(19)35-24)39-13-15-7-17(25(27,28)29)9-18(8-15)26(30,31)32/h2-9,19-21,35H,10-13H2,1H3,(H,33,38)(H,34,36,37)/t19-,20?,21?,24?/m0/s1. The minimum absolute atomic E-state index is 0.0943. The Morgan fingerprint density at radius 2 is 1.74 bits per heavy atom. The molecule has 2 saturated heterocycles. The van der Waals surface area contributed by atoms with E-state index in [-0.39, 0.29) is 30.1 Å². The Hall–Kier alpha value is -3.45. The van der Waals surface area contributed by atoms with Gasteiger partial charge in [0, 0.05) is 6.04 Å². The number of halogens is 6. The lowest BCUT2D eigenvalue weighted by Crippen LogP contribution is -2.45. The van der Waals surface area contributed by atoms with Gasteiger partial charge in [0.2, 0.25) is 5.91 Å². The summed E-state index contributed by atoms with van der Waals surface area (Å²) >= 11 is 0. The highest BCUT2D eigenvalue weighted by atomic mass is 19.4. The summed E-state index contributed by atoms with van der Waals surface area (Å²) in [5.74, 6) is 0.414. The summed E-state index contributed by atoms with van der Waals surface area (Å²) in [6.07, 6.45) is -9.80. The second-order valence-corrected chi connectivity index (χ2v) is 9.90. The smallest absolute Gasteiger partial charge is 0.371 e. The third-order valence-corrected chi connectivity index (χ3v) is 7.28. The molecule has 1 amide bonds. The van der Waals surface area contributed by atoms with Crippen molar-refractivity contribution in [1.82, 2.24) is 25.8 Å². The zero-order valence-electron chi connectivity index (χ0n) is 20.7. The monoisotopic (exact) mass is 553 g/mol. The number of hydrogen-bond donors (Lipinski definition) is 3. The van der Waals surface area contributed by atoms with Crippen LogP contribution in [0.3, 0.4) is 0 Å². The predicted molar refractivity (Wildman–Crippen MR) is 126 cm³/mol. The van der Waals surface area contributed by atoms with Gasteiger partial charge in [0.1, 0.15) is 5.82 Å². The van der Waals surface area contributed by atoms with Gasteiger partial charge in [-0.15, -0.1) is 0 Å². The van der Waals surface area contributed by atoms with Crippen LogP contribution >= 0.6 is 0 Å². The number of nitrogens with zero attached hydrogens (tertiary/aromatic N) is 2. The molecule has 0 radical (unpaired) electrons. The van der Waals surface area contributed by atoms with Gasteiger partial charge in [-0.2, -0.15) is 31.4 Å². The number of carbonyl (C=O) groups is 1. The van der Waals surface area contributed by atoms with Crippen molar-refractivity contribution < 1.29 is 35.9 Å². The molecular weight excluding hydrogens is 528 g/mol. The van der Waals surface area contributed by atoms with E-state index in [4.69, 9.17) is 4.74 Å². The van der Waals surface area contributed by atoms with Crippen molar-refractivity contribution in [2.75, 3.05) is 0 Å². The van der Waals surface area contributed by atoms with Crippen LogP contribution in [-0.4, -0.2) is 33.2 Å². The summed E-state index contributed by atoms with van der Waals surface area (Å²) in [6, 6.07) is 10.3. The van der Waals surface area contributed by atoms with Crippen LogP contribution in [0.1, 0.15) is 46.7 Å². The average Bonchev–Trinajstić information content (AvgIpc) is 3.59. The fraction of sp³-hybridized carbons (Fsp3) is 0.423. The molecule has 2 fully saturated rings. The molecule has 4 atom stereocenters. The van der Waals surface area contributed by atoms with Crippen molar-refractivity contribution in [2.24, 2.45) is 5.92 Å². The molecule has 7 nitrogen and oxygen atoms in total. The maximum Gasteiger partial charge on any atom is 0.416 e. The summed E-state index contributed by atoms with van der Waals surface area (Å²) < 4.78 is 85.9. The van der Waals surface area contributed by atoms with Crippen LogP contribution in [-0.2, 0) is 40.6 Å². The zero-order valence-corrected chi connectivity index (χ0v) is 20.7. The lowest BCUT2D eigenvalue weighted by molar-refractivity contribution is -0.143. The molecule has 3 N–H and O–H groups in total. The molecule has 2 aliphatic heterocycles. The van der Waals surface area contributed by atoms with E-state index in [0.717, 1.165) is 5.56 Å². The van der Waals surface area contributed by atoms with Gasteiger partial charge in [0.15, 0.2) is 5.82 Å². The Labute approximate surface area is 219 Å². The fourth-order valence-electron chi connectivity index (χ4n) is 5.53. The van der Waals surface area contributed by atoms with Crippen molar-refractivity contribution in [3.63, 3.8) is 0 Å². The number of ether oxygens (including phenoxy) is 1. The van der Waals surface area contributed by atoms with Crippen LogP contribution in [0.2, 0.25) is 0 Å². The van der Waals surface area contributed by atoms with E-state index in [2.05, 4.69) is 25.8 Å². The molecule has 13 heteroatoms. The first-order chi connectivity index (χ1) is 18.3. The second-order valence-electron chi connectivity index (χ2n) is 9.90. The summed E-state index contributed by atoms with van der Waals surface area (Å²) in [6.45, 7) is 1.43. The highest BCUT2D eigenvalue weighted by molar-refractivity contribution is 5.80. The van der Waals surface area contributed by atoms with E-state index in [9.17, 15) is 31.1 Å². The van der Waals surface area contributed by atoms with Gasteiger partial charge in [0.05, 0.1) is 41.8 Å². The van der Waals surface area contributed by atoms with Crippen molar-refractivity contribution in [3.05, 3.63) is 82.4 Å². The second kappa shape index (κ2) is 9.94. The third kappa shape index (κ3) is 5.50. The number of amides is 1. The molecule has 3 unspecified atom stereocenters. The van der Waals surface area contributed by atoms with E-state index < -0.39 is 47.6 Å². The molecule has 0 saturated carbocycles. The lowest BCUT2D eigenvalue weighted by Gasteiger charge is -2.36. The Morgan fingerprint density at radius 1 is 1.08 bits per heavy atom. The zero-order chi connectivity index (χ0) is 28.0. The first-order valence-electron chi connectivity index (χ1n) is 12.2. The van der Waals surface area contributed by atoms with Crippen LogP contribution in [0.4, 0.5) is 26.3 Å². The molecule has 39 heavy (non-hydrogen) atoms. The van der Waals surface area contributed by atoms with Crippen LogP contribution in [0.5, 0.6) is 0 Å². The molecule has 3 aromatic rings. The topological polar surface area (TPSA) is 91.9 Å². The maximum absolute atomic E-state index is 13.3. The highest BCUT2D eigenvalue weighted by Crippen LogP contribution is 2.50. The van der Waals surface area contributed by atoms with Gasteiger partial charge in [0.25, 0.3) is 0 Å². The Balaban J connectivity index is 1.35. The molecule has 208 valence electrons. The largest absolute Gasteiger partial charge is 0.416 e. The van der Waals surface area contributed by atoms with Crippen LogP contribution < -0.4 is 10.6 Å². The van der Waals surface area contributed by atoms with Gasteiger partial charge in [-0.25, -0.2) is 4.98 Å². The third-order valence-electron chi connectivity index (χ3n) is 7.28. The van der Waals surface area contributed by atoms with E-state index >= 15 is 0 Å². The van der Waals surface area contributed by atoms with E-state index in [1.54, 1.807) is 6.92 Å². The van der Waals surface area contributed by atoms with Crippen LogP contribution in [0.25, 0.3) is 0 Å². The van der Waals surface area contributed by atoms with Crippen molar-refractivity contribution in [1.29, 1.82) is 0 Å². The highest BCUT2D eigenvalue weighted by Gasteiger charge is 2.59. The van der Waals surface area contributed by atoms with Crippen molar-refractivity contribution in [3.8, 4) is 0 Å². The summed E-state index contributed by atoms with van der Waals surface area (Å²) in [7, 11) is 0. The molecule has 0 aliphatic carbocycles. The maximum atomic E-state index is 13.3. The average molecular weight is 554 g/mol. The molecule has 5 rings (SSSR count). The number of aromatic amines is 1. The summed E-state index contributed by atoms with van der Waals surface area (Å²) in [5, 5.41) is 13.0. The van der Waals surface area contributed by atoms with Gasteiger partial charge in [-0.1, -0.05) is 30.3 Å². The number of benzene rings is 2. The van der Waals surface area contributed by atoms with Crippen molar-refractivity contribution in [2.45, 2.75) is 63.0 Å². The Morgan fingerprint density at radius 3 is 2.33 bits per heavy atom. The number of fused-ring (bicyclic) bond motifs is 2. The van der Waals surface area contributed by atoms with Crippen molar-refractivity contribution >= 4 is 5.91 Å². The Bertz CT molecular complexity index is 1310. The number of carbonyl (C=O) groups excluding carboxylic acids is 1. The first-order valence-corrected chi connectivity index (χ1v) is 12.2. The number of hydrogen-bond acceptors (Lipinski definition) is 5. The summed E-state index contributed by atoms with van der Waals surface area (Å²) in [5.41, 5.74) is -3.04. The number of alkyl halides is 6. The summed E-state index contributed by atoms with van der Waals surface area (Å²) in [4.78, 5) is 17.2. The number of aromatic nitrogens is 3. The van der Waals surface area contributed by atoms with E-state index in [1.165, 1.54) is 0 Å². The fourth-order valence-corrected chi connectivity index (χ4v) is 5.53. The van der Waals surface area contributed by atoms with Gasteiger partial charge in [-0.05, 0) is 49.1 Å². The molecule has 2 aromatic carbocycles. The van der Waals surface area contributed by atoms with Gasteiger partial charge >= 0.3 is 12.4 Å². The van der Waals surface area contributed by atoms with E-state index in [0.29, 0.717) is 36.6 Å². The molecular formula is C26H25F6N5O2. The molecule has 3 heterocycles. The molecule has 2 bridgehead atoms. The van der Waals surface area contributed by atoms with Gasteiger partial charge < -0.3 is 15.4 Å². The van der Waals surface area contributed by atoms with E-state index in [1.807, 2.05) is 30.3 Å². The molecule has 2 aliphatic rings. The minimum atomic E-state index is -4.94. The minimum Gasteiger partial charge on any atom is -0.371 e. The quantitative estimate of drug-likeness (QED) is 0.371. The van der Waals surface area contributed by atoms with Crippen LogP contribution in [0.15, 0.2) is 48.5 Å². The Kier molecular flexibility index (Phi) is 6.91. The van der Waals surface area contributed by atoms with Gasteiger partial charge in [-0.3, -0.25) is 9.89 Å².